The second-order valence-electron chi connectivity index (χ2n) is 4.98. The number of nitrogens with zero attached hydrogens (tertiary/aromatic N) is 3. The van der Waals surface area contributed by atoms with Gasteiger partial charge in [-0.3, -0.25) is 9.69 Å². The number of β-lactam (4-membered cyclic amide) rings is 1. The molecule has 2 aliphatic heterocycles. The third kappa shape index (κ3) is 2.34. The van der Waals surface area contributed by atoms with Crippen molar-refractivity contribution in [2.45, 2.75) is 9.58 Å². The molecule has 2 saturated heterocycles. The monoisotopic (exact) mass is 385 g/mol. The van der Waals surface area contributed by atoms with E-state index in [4.69, 9.17) is 16.3 Å². The molecule has 1 aromatic heterocycles. The fraction of sp³-hybridized carbons (Fsp3) is 0.357. The highest BCUT2D eigenvalue weighted by atomic mass is 35.5. The minimum absolute atomic E-state index is 0.0917. The number of aromatic nitrogens is 2. The van der Waals surface area contributed by atoms with Crippen LogP contribution in [0.2, 0.25) is 0 Å². The molecule has 1 unspecified atom stereocenters. The van der Waals surface area contributed by atoms with E-state index in [9.17, 15) is 4.79 Å². The minimum Gasteiger partial charge on any atom is -0.497 e. The molecule has 0 N–H and O–H groups in total. The maximum absolute atomic E-state index is 12.2. The Kier molecular flexibility index (Phi) is 3.95. The van der Waals surface area contributed by atoms with Crippen molar-refractivity contribution < 1.29 is 9.53 Å². The van der Waals surface area contributed by atoms with E-state index in [2.05, 4.69) is 10.2 Å². The summed E-state index contributed by atoms with van der Waals surface area (Å²) in [5.41, 5.74) is 0.950. The minimum atomic E-state index is -0.492. The third-order valence-corrected chi connectivity index (χ3v) is 8.88. The van der Waals surface area contributed by atoms with E-state index < -0.39 is 9.58 Å². The van der Waals surface area contributed by atoms with Crippen molar-refractivity contribution in [1.82, 2.24) is 10.2 Å². The van der Waals surface area contributed by atoms with Crippen molar-refractivity contribution in [3.8, 4) is 16.3 Å². The molecule has 5 nitrogen and oxygen atoms in total. The average molecular weight is 386 g/mol. The molecule has 120 valence electrons. The number of amides is 1. The van der Waals surface area contributed by atoms with Gasteiger partial charge in [0.15, 0.2) is 9.58 Å². The number of ether oxygens (including phenoxy) is 1. The van der Waals surface area contributed by atoms with E-state index in [1.807, 2.05) is 24.3 Å². The van der Waals surface area contributed by atoms with E-state index >= 15 is 0 Å². The molecular weight excluding hydrogens is 374 g/mol. The van der Waals surface area contributed by atoms with Gasteiger partial charge in [-0.2, -0.15) is 0 Å². The second kappa shape index (κ2) is 5.84. The van der Waals surface area contributed by atoms with E-state index in [1.165, 1.54) is 11.3 Å². The Morgan fingerprint density at radius 1 is 1.26 bits per heavy atom. The summed E-state index contributed by atoms with van der Waals surface area (Å²) in [4.78, 5) is 13.9. The van der Waals surface area contributed by atoms with Crippen molar-refractivity contribution in [3.63, 3.8) is 0 Å². The van der Waals surface area contributed by atoms with Gasteiger partial charge < -0.3 is 4.74 Å². The van der Waals surface area contributed by atoms with Gasteiger partial charge in [-0.25, -0.2) is 0 Å². The molecule has 2 aromatic rings. The van der Waals surface area contributed by atoms with Crippen LogP contribution in [-0.2, 0) is 4.79 Å². The smallest absolute Gasteiger partial charge is 0.253 e. The lowest BCUT2D eigenvalue weighted by Gasteiger charge is -2.49. The van der Waals surface area contributed by atoms with Crippen LogP contribution >= 0.6 is 46.5 Å². The van der Waals surface area contributed by atoms with Crippen LogP contribution in [0.25, 0.3) is 10.6 Å². The molecule has 9 heteroatoms. The molecule has 0 aliphatic carbocycles. The number of anilines is 1. The fourth-order valence-electron chi connectivity index (χ4n) is 2.55. The van der Waals surface area contributed by atoms with Crippen LogP contribution in [0.1, 0.15) is 0 Å². The molecule has 0 saturated carbocycles. The summed E-state index contributed by atoms with van der Waals surface area (Å²) in [6.45, 7) is 0. The summed E-state index contributed by atoms with van der Waals surface area (Å²) in [7, 11) is 1.63. The Morgan fingerprint density at radius 2 is 1.96 bits per heavy atom. The molecule has 1 spiro atoms. The van der Waals surface area contributed by atoms with Gasteiger partial charge in [0.1, 0.15) is 10.8 Å². The highest BCUT2D eigenvalue weighted by Gasteiger charge is 2.64. The van der Waals surface area contributed by atoms with Gasteiger partial charge in [-0.1, -0.05) is 11.3 Å². The number of hydrogen-bond acceptors (Lipinski definition) is 7. The molecule has 3 heterocycles. The Bertz CT molecular complexity index is 746. The zero-order valence-corrected chi connectivity index (χ0v) is 15.3. The van der Waals surface area contributed by atoms with Crippen LogP contribution in [0.5, 0.6) is 5.75 Å². The second-order valence-corrected chi connectivity index (χ2v) is 9.27. The standard InChI is InChI=1S/C14H12ClN3O2S3/c1-20-9-4-2-8(3-5-9)11-16-17-13(23-11)18-12(19)10(15)14(18)21-6-7-22-14/h2-5,10H,6-7H2,1H3. The predicted octanol–water partition coefficient (Wildman–Crippen LogP) is 3.30. The van der Waals surface area contributed by atoms with Crippen LogP contribution in [0.3, 0.4) is 0 Å². The van der Waals surface area contributed by atoms with Crippen molar-refractivity contribution in [1.29, 1.82) is 0 Å². The lowest BCUT2D eigenvalue weighted by Crippen LogP contribution is -2.68. The molecule has 4 rings (SSSR count). The number of hydrogen-bond donors (Lipinski definition) is 0. The molecule has 2 aliphatic rings. The first-order valence-electron chi connectivity index (χ1n) is 6.90. The summed E-state index contributed by atoms with van der Waals surface area (Å²) in [6.07, 6.45) is 0. The molecule has 1 amide bonds. The number of benzene rings is 1. The number of thioether (sulfide) groups is 2. The zero-order valence-electron chi connectivity index (χ0n) is 12.1. The topological polar surface area (TPSA) is 55.3 Å². The molecule has 2 fully saturated rings. The molecule has 23 heavy (non-hydrogen) atoms. The van der Waals surface area contributed by atoms with Crippen LogP contribution < -0.4 is 9.64 Å². The SMILES string of the molecule is COc1ccc(-c2nnc(N3C(=O)C(Cl)C34SCCS4)s2)cc1. The number of methoxy groups -OCH3 is 1. The highest BCUT2D eigenvalue weighted by molar-refractivity contribution is 8.21. The Labute approximate surface area is 150 Å². The van der Waals surface area contributed by atoms with Crippen LogP contribution in [0.4, 0.5) is 5.13 Å². The number of carbonyl (C=O) groups is 1. The van der Waals surface area contributed by atoms with Gasteiger partial charge in [0.2, 0.25) is 5.13 Å². The summed E-state index contributed by atoms with van der Waals surface area (Å²) < 4.78 is 4.75. The Morgan fingerprint density at radius 3 is 2.61 bits per heavy atom. The Hall–Kier alpha value is -0.960. The molecular formula is C14H12ClN3O2S3. The number of halogens is 1. The van der Waals surface area contributed by atoms with Crippen LogP contribution in [0, 0.1) is 0 Å². The molecule has 0 radical (unpaired) electrons. The van der Waals surface area contributed by atoms with E-state index in [1.54, 1.807) is 35.5 Å². The summed E-state index contributed by atoms with van der Waals surface area (Å²) in [5.74, 6) is 2.67. The van der Waals surface area contributed by atoms with E-state index in [0.29, 0.717) is 5.13 Å². The summed E-state index contributed by atoms with van der Waals surface area (Å²) >= 11 is 11.1. The van der Waals surface area contributed by atoms with Gasteiger partial charge in [0.05, 0.1) is 7.11 Å². The van der Waals surface area contributed by atoms with Gasteiger partial charge in [0.25, 0.3) is 5.91 Å². The fourth-order valence-corrected chi connectivity index (χ4v) is 7.34. The molecule has 1 atom stereocenters. The van der Waals surface area contributed by atoms with Crippen molar-refractivity contribution >= 4 is 57.5 Å². The quantitative estimate of drug-likeness (QED) is 0.596. The predicted molar refractivity (Wildman–Crippen MR) is 96.7 cm³/mol. The van der Waals surface area contributed by atoms with Gasteiger partial charge in [0, 0.05) is 17.1 Å². The number of rotatable bonds is 3. The lowest BCUT2D eigenvalue weighted by molar-refractivity contribution is -0.122. The van der Waals surface area contributed by atoms with Crippen LogP contribution in [0.15, 0.2) is 24.3 Å². The van der Waals surface area contributed by atoms with Gasteiger partial charge in [-0.05, 0) is 24.3 Å². The number of carbonyl (C=O) groups excluding carboxylic acids is 1. The zero-order chi connectivity index (χ0) is 16.0. The maximum atomic E-state index is 12.2. The first-order valence-corrected chi connectivity index (χ1v) is 10.1. The normalized spacial score (nSPS) is 22.4. The van der Waals surface area contributed by atoms with E-state index in [-0.39, 0.29) is 5.91 Å². The third-order valence-electron chi connectivity index (χ3n) is 3.71. The Balaban J connectivity index is 1.63. The molecule has 0 bridgehead atoms. The van der Waals surface area contributed by atoms with Crippen molar-refractivity contribution in [3.05, 3.63) is 24.3 Å². The van der Waals surface area contributed by atoms with E-state index in [0.717, 1.165) is 27.8 Å². The number of alkyl halides is 1. The largest absolute Gasteiger partial charge is 0.497 e. The van der Waals surface area contributed by atoms with Crippen molar-refractivity contribution in [2.24, 2.45) is 0 Å². The highest BCUT2D eigenvalue weighted by Crippen LogP contribution is 2.58. The lowest BCUT2D eigenvalue weighted by atomic mass is 10.2. The summed E-state index contributed by atoms with van der Waals surface area (Å²) in [5, 5.41) is 9.34. The first-order chi connectivity index (χ1) is 11.2. The van der Waals surface area contributed by atoms with Gasteiger partial charge >= 0.3 is 0 Å². The van der Waals surface area contributed by atoms with Gasteiger partial charge in [-0.15, -0.1) is 45.3 Å². The summed E-state index contributed by atoms with van der Waals surface area (Å²) in [6, 6.07) is 7.62. The van der Waals surface area contributed by atoms with Crippen LogP contribution in [-0.4, -0.2) is 44.3 Å². The first kappa shape index (κ1) is 15.6. The van der Waals surface area contributed by atoms with Crippen molar-refractivity contribution in [2.75, 3.05) is 23.5 Å². The maximum Gasteiger partial charge on any atom is 0.253 e. The average Bonchev–Trinajstić information content (AvgIpc) is 3.26. The molecule has 1 aromatic carbocycles.